The first-order chi connectivity index (χ1) is 17.7. The van der Waals surface area contributed by atoms with Crippen LogP contribution in [0.15, 0.2) is 30.9 Å². The highest BCUT2D eigenvalue weighted by Gasteiger charge is 2.56. The van der Waals surface area contributed by atoms with Gasteiger partial charge in [0.25, 0.3) is 5.91 Å². The Morgan fingerprint density at radius 3 is 2.76 bits per heavy atom. The van der Waals surface area contributed by atoms with E-state index >= 15 is 0 Å². The van der Waals surface area contributed by atoms with Crippen molar-refractivity contribution in [2.24, 2.45) is 0 Å². The molecule has 1 aliphatic carbocycles. The molecule has 6 rings (SSSR count). The maximum absolute atomic E-state index is 15.0. The molecule has 37 heavy (non-hydrogen) atoms. The van der Waals surface area contributed by atoms with Gasteiger partial charge in [-0.3, -0.25) is 9.59 Å². The van der Waals surface area contributed by atoms with Gasteiger partial charge in [0.2, 0.25) is 5.91 Å². The molecule has 11 heteroatoms. The fourth-order valence-corrected chi connectivity index (χ4v) is 6.12. The highest BCUT2D eigenvalue weighted by molar-refractivity contribution is 6.35. The third-order valence-electron chi connectivity index (χ3n) is 7.83. The Bertz CT molecular complexity index is 1310. The summed E-state index contributed by atoms with van der Waals surface area (Å²) in [4.78, 5) is 36.2. The van der Waals surface area contributed by atoms with Gasteiger partial charge in [0.05, 0.1) is 17.7 Å². The Hall–Kier alpha value is -3.37. The smallest absolute Gasteiger partial charge is 0.261 e. The average molecular weight is 529 g/mol. The monoisotopic (exact) mass is 528 g/mol. The number of carbonyl (C=O) groups excluding carboxylic acids is 2. The zero-order chi connectivity index (χ0) is 26.1. The summed E-state index contributed by atoms with van der Waals surface area (Å²) in [6.45, 7) is 4.74. The maximum Gasteiger partial charge on any atom is 0.261 e. The van der Waals surface area contributed by atoms with Crippen molar-refractivity contribution in [3.05, 3.63) is 47.3 Å². The summed E-state index contributed by atoms with van der Waals surface area (Å²) in [6, 6.07) is 3.46. The van der Waals surface area contributed by atoms with Gasteiger partial charge < -0.3 is 29.6 Å². The number of ether oxygens (including phenoxy) is 1. The molecular weight excluding hydrogens is 503 g/mol. The normalized spacial score (nSPS) is 23.9. The van der Waals surface area contributed by atoms with Crippen LogP contribution in [0.25, 0.3) is 11.3 Å². The van der Waals surface area contributed by atoms with Crippen LogP contribution >= 0.6 is 11.6 Å². The number of piperazine rings is 1. The molecule has 2 N–H and O–H groups in total. The van der Waals surface area contributed by atoms with Gasteiger partial charge in [-0.15, -0.1) is 0 Å². The fraction of sp³-hybridized carbons (Fsp3) is 0.423. The molecule has 1 aromatic heterocycles. The largest absolute Gasteiger partial charge is 0.507 e. The molecule has 4 aliphatic rings. The second-order valence-electron chi connectivity index (χ2n) is 10.1. The van der Waals surface area contributed by atoms with E-state index < -0.39 is 18.0 Å². The predicted molar refractivity (Wildman–Crippen MR) is 133 cm³/mol. The number of fused-ring (bicyclic) bond motifs is 2. The van der Waals surface area contributed by atoms with E-state index in [0.717, 1.165) is 12.8 Å². The quantitative estimate of drug-likeness (QED) is 0.590. The minimum atomic E-state index is -0.723. The van der Waals surface area contributed by atoms with Gasteiger partial charge in [0.1, 0.15) is 40.3 Å². The topological polar surface area (TPSA) is 106 Å². The van der Waals surface area contributed by atoms with E-state index in [2.05, 4.69) is 6.58 Å². The number of halogens is 2. The lowest BCUT2D eigenvalue weighted by atomic mass is 10.0. The molecule has 1 spiro atoms. The van der Waals surface area contributed by atoms with Crippen LogP contribution in [0.2, 0.25) is 5.02 Å². The number of hydrogen-bond donors (Lipinski definition) is 2. The number of pyridine rings is 1. The summed E-state index contributed by atoms with van der Waals surface area (Å²) in [5.74, 6) is -1.34. The molecule has 0 bridgehead atoms. The highest BCUT2D eigenvalue weighted by Crippen LogP contribution is 2.54. The van der Waals surface area contributed by atoms with Gasteiger partial charge in [-0.1, -0.05) is 24.2 Å². The number of aliphatic hydroxyl groups is 1. The summed E-state index contributed by atoms with van der Waals surface area (Å²) in [5.41, 5.74) is -0.430. The number of phenolic OH excluding ortho intramolecular Hbond substituents is 1. The zero-order valence-corrected chi connectivity index (χ0v) is 20.7. The summed E-state index contributed by atoms with van der Waals surface area (Å²) in [5, 5.41) is 20.9. The van der Waals surface area contributed by atoms with Crippen LogP contribution in [0.5, 0.6) is 11.5 Å². The Kier molecular flexibility index (Phi) is 5.57. The first kappa shape index (κ1) is 24.0. The first-order valence-corrected chi connectivity index (χ1v) is 12.6. The summed E-state index contributed by atoms with van der Waals surface area (Å²) in [6.07, 6.45) is 2.81. The van der Waals surface area contributed by atoms with E-state index in [1.807, 2.05) is 4.90 Å². The van der Waals surface area contributed by atoms with Crippen molar-refractivity contribution in [1.82, 2.24) is 14.8 Å². The van der Waals surface area contributed by atoms with Gasteiger partial charge in [-0.05, 0) is 37.5 Å². The number of aromatic hydroxyl groups is 1. The molecular formula is C26H26ClFN4O5. The van der Waals surface area contributed by atoms with Crippen LogP contribution in [0.3, 0.4) is 0 Å². The first-order valence-electron chi connectivity index (χ1n) is 12.3. The molecule has 1 saturated carbocycles. The average Bonchev–Trinajstić information content (AvgIpc) is 3.60. The Morgan fingerprint density at radius 1 is 1.27 bits per heavy atom. The van der Waals surface area contributed by atoms with Crippen LogP contribution in [-0.4, -0.2) is 87.3 Å². The summed E-state index contributed by atoms with van der Waals surface area (Å²) < 4.78 is 21.1. The van der Waals surface area contributed by atoms with Crippen molar-refractivity contribution < 1.29 is 28.9 Å². The van der Waals surface area contributed by atoms with Gasteiger partial charge in [0, 0.05) is 31.7 Å². The standard InChI is InChI=1S/C26H26ClFN4O5/c1-2-18(35)30-8-9-31-14(11-30)13-37-23-20(25(31)36)24(32-12-15(33)10-26(32)6-7-26)29-22(21(23)27)19-16(28)4-3-5-17(19)34/h2-5,14-15,33-34H,1,6-13H2/t14-,15?/m1/s1. The number of rotatable bonds is 3. The zero-order valence-electron chi connectivity index (χ0n) is 20.0. The van der Waals surface area contributed by atoms with Gasteiger partial charge in [-0.25, -0.2) is 9.37 Å². The molecule has 2 saturated heterocycles. The molecule has 194 valence electrons. The highest BCUT2D eigenvalue weighted by atomic mass is 35.5. The Balaban J connectivity index is 1.52. The molecule has 3 fully saturated rings. The van der Waals surface area contributed by atoms with E-state index in [1.165, 1.54) is 24.3 Å². The number of phenols is 1. The third kappa shape index (κ3) is 3.73. The van der Waals surface area contributed by atoms with Crippen LogP contribution in [0.4, 0.5) is 10.2 Å². The minimum Gasteiger partial charge on any atom is -0.507 e. The minimum absolute atomic E-state index is 0.0423. The van der Waals surface area contributed by atoms with E-state index in [9.17, 15) is 24.2 Å². The second-order valence-corrected chi connectivity index (χ2v) is 10.5. The van der Waals surface area contributed by atoms with Crippen molar-refractivity contribution in [3.8, 4) is 22.8 Å². The molecule has 2 amide bonds. The van der Waals surface area contributed by atoms with Gasteiger partial charge in [-0.2, -0.15) is 0 Å². The lowest BCUT2D eigenvalue weighted by molar-refractivity contribution is -0.128. The van der Waals surface area contributed by atoms with Crippen LogP contribution in [0, 0.1) is 5.82 Å². The maximum atomic E-state index is 15.0. The molecule has 1 unspecified atom stereocenters. The SMILES string of the molecule is C=CC(=O)N1CCN2C(=O)c3c(N4CC(O)CC45CC5)nc(-c4c(O)cccc4F)c(Cl)c3OC[C@H]2C1. The molecule has 1 aromatic carbocycles. The third-order valence-corrected chi connectivity index (χ3v) is 8.18. The van der Waals surface area contributed by atoms with Crippen molar-refractivity contribution >= 4 is 29.2 Å². The van der Waals surface area contributed by atoms with E-state index in [4.69, 9.17) is 21.3 Å². The molecule has 2 aromatic rings. The fourth-order valence-electron chi connectivity index (χ4n) is 5.83. The van der Waals surface area contributed by atoms with Gasteiger partial charge >= 0.3 is 0 Å². The van der Waals surface area contributed by atoms with Crippen molar-refractivity contribution in [1.29, 1.82) is 0 Å². The number of hydrogen-bond acceptors (Lipinski definition) is 7. The summed E-state index contributed by atoms with van der Waals surface area (Å²) >= 11 is 6.75. The van der Waals surface area contributed by atoms with E-state index in [0.29, 0.717) is 13.0 Å². The van der Waals surface area contributed by atoms with E-state index in [-0.39, 0.29) is 82.8 Å². The number of carbonyl (C=O) groups is 2. The Morgan fingerprint density at radius 2 is 2.05 bits per heavy atom. The number of benzene rings is 1. The lowest BCUT2D eigenvalue weighted by Crippen LogP contribution is -2.57. The van der Waals surface area contributed by atoms with Crippen molar-refractivity contribution in [2.75, 3.05) is 37.7 Å². The number of β-amino-alcohol motifs (C(OH)–C–C–N with tert-alkyl or cyclic N) is 1. The molecule has 4 heterocycles. The number of nitrogens with zero attached hydrogens (tertiary/aromatic N) is 4. The Labute approximate surface area is 217 Å². The van der Waals surface area contributed by atoms with Crippen molar-refractivity contribution in [3.63, 3.8) is 0 Å². The number of anilines is 1. The second kappa shape index (κ2) is 8.59. The molecule has 2 atom stereocenters. The number of amides is 2. The van der Waals surface area contributed by atoms with Crippen molar-refractivity contribution in [2.45, 2.75) is 36.9 Å². The lowest BCUT2D eigenvalue weighted by Gasteiger charge is -2.39. The van der Waals surface area contributed by atoms with Gasteiger partial charge in [0.15, 0.2) is 5.75 Å². The van der Waals surface area contributed by atoms with E-state index in [1.54, 1.807) is 9.80 Å². The number of aromatic nitrogens is 1. The van der Waals surface area contributed by atoms with Crippen LogP contribution in [-0.2, 0) is 4.79 Å². The molecule has 0 radical (unpaired) electrons. The van der Waals surface area contributed by atoms with Crippen LogP contribution < -0.4 is 9.64 Å². The number of aliphatic hydroxyl groups excluding tert-OH is 1. The predicted octanol–water partition coefficient (Wildman–Crippen LogP) is 2.58. The summed E-state index contributed by atoms with van der Waals surface area (Å²) in [7, 11) is 0. The van der Waals surface area contributed by atoms with Crippen LogP contribution in [0.1, 0.15) is 29.6 Å². The molecule has 9 nitrogen and oxygen atoms in total. The molecule has 3 aliphatic heterocycles.